The van der Waals surface area contributed by atoms with Crippen LogP contribution in [0.3, 0.4) is 0 Å². The highest BCUT2D eigenvalue weighted by molar-refractivity contribution is 5.76. The van der Waals surface area contributed by atoms with Crippen molar-refractivity contribution < 1.29 is 24.5 Å². The Bertz CT molecular complexity index is 1400. The molecule has 0 radical (unpaired) electrons. The molecule has 0 rings (SSSR count). The third-order valence-electron chi connectivity index (χ3n) is 17.6. The van der Waals surface area contributed by atoms with Crippen LogP contribution >= 0.6 is 0 Å². The first kappa shape index (κ1) is 81.8. The van der Waals surface area contributed by atoms with Gasteiger partial charge >= 0.3 is 5.97 Å². The van der Waals surface area contributed by atoms with Crippen molar-refractivity contribution in [1.29, 1.82) is 0 Å². The van der Waals surface area contributed by atoms with Crippen LogP contribution in [0.25, 0.3) is 0 Å². The van der Waals surface area contributed by atoms with Gasteiger partial charge in [-0.15, -0.1) is 0 Å². The highest BCUT2D eigenvalue weighted by Crippen LogP contribution is 2.19. The van der Waals surface area contributed by atoms with E-state index in [4.69, 9.17) is 4.74 Å². The molecule has 0 aromatic heterocycles. The van der Waals surface area contributed by atoms with E-state index < -0.39 is 12.1 Å². The molecule has 0 aliphatic heterocycles. The van der Waals surface area contributed by atoms with E-state index in [-0.39, 0.29) is 18.5 Å². The van der Waals surface area contributed by atoms with Crippen molar-refractivity contribution in [1.82, 2.24) is 5.32 Å². The number of nitrogens with one attached hydrogen (secondary N) is 1. The Balaban J connectivity index is 3.33. The Morgan fingerprint density at radius 1 is 0.333 bits per heavy atom. The van der Waals surface area contributed by atoms with Crippen LogP contribution in [-0.2, 0) is 14.3 Å². The molecule has 1 amide bonds. The van der Waals surface area contributed by atoms with E-state index >= 15 is 0 Å². The Morgan fingerprint density at radius 3 is 0.929 bits per heavy atom. The number of ether oxygens (including phenoxy) is 1. The normalized spacial score (nSPS) is 12.8. The Labute approximate surface area is 525 Å². The molecule has 0 saturated heterocycles. The summed E-state index contributed by atoms with van der Waals surface area (Å²) in [7, 11) is 0. The number of aliphatic hydroxyl groups is 2. The summed E-state index contributed by atoms with van der Waals surface area (Å²) < 4.78 is 5.50. The molecule has 0 aliphatic rings. The number of amides is 1. The minimum atomic E-state index is -0.661. The summed E-state index contributed by atoms with van der Waals surface area (Å²) >= 11 is 0. The van der Waals surface area contributed by atoms with E-state index in [1.54, 1.807) is 0 Å². The summed E-state index contributed by atoms with van der Waals surface area (Å²) in [5.41, 5.74) is 0. The van der Waals surface area contributed by atoms with E-state index in [1.165, 1.54) is 321 Å². The van der Waals surface area contributed by atoms with Crippen LogP contribution in [0.4, 0.5) is 0 Å². The largest absolute Gasteiger partial charge is 0.466 e. The van der Waals surface area contributed by atoms with Crippen LogP contribution < -0.4 is 5.32 Å². The maximum atomic E-state index is 12.5. The van der Waals surface area contributed by atoms with Crippen LogP contribution in [0.15, 0.2) is 48.6 Å². The number of rotatable bonds is 71. The highest BCUT2D eigenvalue weighted by Gasteiger charge is 2.20. The fourth-order valence-electron chi connectivity index (χ4n) is 11.8. The van der Waals surface area contributed by atoms with Crippen molar-refractivity contribution in [3.8, 4) is 0 Å². The molecular weight excluding hydrogens is 1030 g/mol. The Kier molecular flexibility index (Phi) is 71.4. The van der Waals surface area contributed by atoms with Gasteiger partial charge in [0, 0.05) is 12.8 Å². The van der Waals surface area contributed by atoms with Gasteiger partial charge in [-0.25, -0.2) is 0 Å². The maximum Gasteiger partial charge on any atom is 0.305 e. The molecule has 0 aromatic carbocycles. The van der Waals surface area contributed by atoms with Crippen molar-refractivity contribution in [2.24, 2.45) is 0 Å². The fraction of sp³-hybridized carbons (Fsp3) is 0.872. The van der Waals surface area contributed by atoms with Gasteiger partial charge in [0.25, 0.3) is 0 Å². The lowest BCUT2D eigenvalue weighted by atomic mass is 10.0. The van der Waals surface area contributed by atoms with Crippen molar-refractivity contribution in [3.05, 3.63) is 48.6 Å². The zero-order chi connectivity index (χ0) is 60.6. The Morgan fingerprint density at radius 2 is 0.595 bits per heavy atom. The molecule has 84 heavy (non-hydrogen) atoms. The van der Waals surface area contributed by atoms with Gasteiger partial charge in [0.05, 0.1) is 25.4 Å². The van der Waals surface area contributed by atoms with Crippen LogP contribution in [0.5, 0.6) is 0 Å². The minimum absolute atomic E-state index is 0.0127. The summed E-state index contributed by atoms with van der Waals surface area (Å²) in [6.45, 7) is 4.94. The minimum Gasteiger partial charge on any atom is -0.466 e. The number of aliphatic hydroxyl groups excluding tert-OH is 2. The molecule has 494 valence electrons. The second kappa shape index (κ2) is 73.3. The highest BCUT2D eigenvalue weighted by atomic mass is 16.5. The second-order valence-electron chi connectivity index (χ2n) is 26.0. The number of carbonyl (C=O) groups excluding carboxylic acids is 2. The first-order chi connectivity index (χ1) is 41.5. The molecule has 0 aliphatic carbocycles. The van der Waals surface area contributed by atoms with Gasteiger partial charge in [0.15, 0.2) is 0 Å². The van der Waals surface area contributed by atoms with Gasteiger partial charge in [0.1, 0.15) is 0 Å². The molecule has 2 unspecified atom stereocenters. The fourth-order valence-corrected chi connectivity index (χ4v) is 11.8. The first-order valence-corrected chi connectivity index (χ1v) is 37.9. The summed E-state index contributed by atoms with van der Waals surface area (Å²) in [4.78, 5) is 24.6. The van der Waals surface area contributed by atoms with E-state index in [1.807, 2.05) is 0 Å². The van der Waals surface area contributed by atoms with Crippen LogP contribution in [0.1, 0.15) is 412 Å². The van der Waals surface area contributed by atoms with Crippen molar-refractivity contribution in [2.75, 3.05) is 13.2 Å². The summed E-state index contributed by atoms with van der Waals surface area (Å²) in [5.74, 6) is -0.0186. The zero-order valence-corrected chi connectivity index (χ0v) is 56.6. The SMILES string of the molecule is CCCCC/C=C\C/C=C\CCCCCCCCCC(=O)OCCCCCCCCCCCCCCCCC/C=C\C/C=C\CCCCCCCCCCCCCCCCCCCC(=O)NC(CO)C(O)CCCCCCCCCCCCC. The molecule has 0 spiro atoms. The lowest BCUT2D eigenvalue weighted by Crippen LogP contribution is -2.45. The van der Waals surface area contributed by atoms with Gasteiger partial charge < -0.3 is 20.3 Å². The van der Waals surface area contributed by atoms with Gasteiger partial charge in [-0.3, -0.25) is 9.59 Å². The monoisotopic (exact) mass is 1180 g/mol. The predicted molar refractivity (Wildman–Crippen MR) is 370 cm³/mol. The molecule has 0 fully saturated rings. The standard InChI is InChI=1S/C78H147NO5/c1-3-5-7-9-11-13-15-16-17-41-45-48-52-56-60-64-68-72-78(83)84-73-69-65-61-57-53-49-46-43-40-38-36-34-32-30-28-26-24-22-20-18-19-21-23-25-27-29-31-33-35-37-39-42-44-47-51-55-59-63-67-71-77(82)79-75(74-80)76(81)70-66-62-58-54-50-14-12-10-8-6-4-2/h11,13,16-19,22,24,75-76,80-81H,3-10,12,14-15,20-21,23,25-74H2,1-2H3,(H,79,82)/b13-11-,17-16-,19-18-,24-22-. The van der Waals surface area contributed by atoms with Crippen molar-refractivity contribution in [2.45, 2.75) is 424 Å². The van der Waals surface area contributed by atoms with E-state index in [0.717, 1.165) is 57.8 Å². The van der Waals surface area contributed by atoms with Crippen LogP contribution in [-0.4, -0.2) is 47.4 Å². The summed E-state index contributed by atoms with van der Waals surface area (Å²) in [6.07, 6.45) is 96.3. The zero-order valence-electron chi connectivity index (χ0n) is 56.6. The lowest BCUT2D eigenvalue weighted by Gasteiger charge is -2.22. The van der Waals surface area contributed by atoms with Crippen LogP contribution in [0, 0.1) is 0 Å². The number of hydrogen-bond donors (Lipinski definition) is 3. The second-order valence-corrected chi connectivity index (χ2v) is 26.0. The molecule has 6 heteroatoms. The molecule has 0 aromatic rings. The lowest BCUT2D eigenvalue weighted by molar-refractivity contribution is -0.143. The van der Waals surface area contributed by atoms with Crippen molar-refractivity contribution >= 4 is 11.9 Å². The number of carbonyl (C=O) groups is 2. The van der Waals surface area contributed by atoms with E-state index in [9.17, 15) is 19.8 Å². The van der Waals surface area contributed by atoms with Crippen molar-refractivity contribution in [3.63, 3.8) is 0 Å². The number of allylic oxidation sites excluding steroid dienone is 8. The van der Waals surface area contributed by atoms with Gasteiger partial charge in [-0.05, 0) is 89.9 Å². The van der Waals surface area contributed by atoms with E-state index in [2.05, 4.69) is 67.8 Å². The number of esters is 1. The maximum absolute atomic E-state index is 12.5. The topological polar surface area (TPSA) is 95.9 Å². The van der Waals surface area contributed by atoms with Gasteiger partial charge in [-0.2, -0.15) is 0 Å². The molecule has 3 N–H and O–H groups in total. The molecule has 0 saturated carbocycles. The third kappa shape index (κ3) is 68.9. The first-order valence-electron chi connectivity index (χ1n) is 37.9. The van der Waals surface area contributed by atoms with Crippen LogP contribution in [0.2, 0.25) is 0 Å². The van der Waals surface area contributed by atoms with Gasteiger partial charge in [0.2, 0.25) is 5.91 Å². The third-order valence-corrected chi connectivity index (χ3v) is 17.6. The smallest absolute Gasteiger partial charge is 0.305 e. The molecule has 0 bridgehead atoms. The predicted octanol–water partition coefficient (Wildman–Crippen LogP) is 24.8. The quantitative estimate of drug-likeness (QED) is 0.0320. The average Bonchev–Trinajstić information content (AvgIpc) is 3.53. The Hall–Kier alpha value is -2.18. The summed E-state index contributed by atoms with van der Waals surface area (Å²) in [5, 5.41) is 23.2. The molecule has 0 heterocycles. The molecule has 6 nitrogen and oxygen atoms in total. The summed E-state index contributed by atoms with van der Waals surface area (Å²) in [6, 6.07) is -0.538. The molecular formula is C78H147NO5. The number of hydrogen-bond acceptors (Lipinski definition) is 5. The average molecular weight is 1180 g/mol. The molecule has 2 atom stereocenters. The van der Waals surface area contributed by atoms with Gasteiger partial charge in [-0.1, -0.05) is 358 Å². The number of unbranched alkanes of at least 4 members (excludes halogenated alkanes) is 52. The van der Waals surface area contributed by atoms with E-state index in [0.29, 0.717) is 25.9 Å².